The van der Waals surface area contributed by atoms with E-state index >= 15 is 0 Å². The molecule has 0 radical (unpaired) electrons. The molecule has 0 unspecified atom stereocenters. The summed E-state index contributed by atoms with van der Waals surface area (Å²) < 4.78 is 0. The van der Waals surface area contributed by atoms with E-state index in [0.717, 1.165) is 5.71 Å². The summed E-state index contributed by atoms with van der Waals surface area (Å²) in [7, 11) is 1.91. The largest absolute Gasteiger partial charge is 0.276 e. The lowest BCUT2D eigenvalue weighted by Gasteiger charge is -2.03. The molecule has 2 heteroatoms. The highest BCUT2D eigenvalue weighted by molar-refractivity contribution is 5.92. The fraction of sp³-hybridized carbons (Fsp3) is 0.286. The summed E-state index contributed by atoms with van der Waals surface area (Å²) in [6.07, 6.45) is 7.81. The topological polar surface area (TPSA) is 15.6 Å². The molecule has 1 heterocycles. The molecular weight excluding hydrogens is 112 g/mol. The summed E-state index contributed by atoms with van der Waals surface area (Å²) in [6.45, 7) is 1.97. The number of hydrazone groups is 1. The molecule has 1 aliphatic rings. The SMILES string of the molecule is CC1=NN(C)C=CC=C1. The Bertz CT molecular complexity index is 177. The second-order valence-electron chi connectivity index (χ2n) is 2.02. The Morgan fingerprint density at radius 3 is 3.00 bits per heavy atom. The van der Waals surface area contributed by atoms with Crippen molar-refractivity contribution >= 4 is 5.71 Å². The van der Waals surface area contributed by atoms with E-state index in [0.29, 0.717) is 0 Å². The minimum Gasteiger partial charge on any atom is -0.276 e. The van der Waals surface area contributed by atoms with Crippen LogP contribution in [0.15, 0.2) is 29.5 Å². The molecule has 0 spiro atoms. The van der Waals surface area contributed by atoms with E-state index in [-0.39, 0.29) is 0 Å². The fourth-order valence-corrected chi connectivity index (χ4v) is 0.685. The van der Waals surface area contributed by atoms with Crippen molar-refractivity contribution in [2.24, 2.45) is 5.10 Å². The van der Waals surface area contributed by atoms with Crippen LogP contribution in [0.3, 0.4) is 0 Å². The molecule has 0 aliphatic carbocycles. The Morgan fingerprint density at radius 2 is 2.22 bits per heavy atom. The molecule has 0 aromatic rings. The highest BCUT2D eigenvalue weighted by Crippen LogP contribution is 1.94. The molecular formula is C7H10N2. The Hall–Kier alpha value is -1.05. The van der Waals surface area contributed by atoms with Crippen LogP contribution in [0, 0.1) is 0 Å². The summed E-state index contributed by atoms with van der Waals surface area (Å²) in [4.78, 5) is 0. The summed E-state index contributed by atoms with van der Waals surface area (Å²) in [5.74, 6) is 0. The average Bonchev–Trinajstić information content (AvgIpc) is 1.93. The number of hydrogen-bond acceptors (Lipinski definition) is 2. The predicted molar refractivity (Wildman–Crippen MR) is 39.2 cm³/mol. The van der Waals surface area contributed by atoms with Crippen molar-refractivity contribution in [1.29, 1.82) is 0 Å². The van der Waals surface area contributed by atoms with Crippen LogP contribution in [0.2, 0.25) is 0 Å². The lowest BCUT2D eigenvalue weighted by Crippen LogP contribution is -2.02. The number of hydrogen-bond donors (Lipinski definition) is 0. The predicted octanol–water partition coefficient (Wildman–Crippen LogP) is 1.38. The van der Waals surface area contributed by atoms with Gasteiger partial charge in [0.15, 0.2) is 0 Å². The highest BCUT2D eigenvalue weighted by atomic mass is 15.4. The smallest absolute Gasteiger partial charge is 0.0578 e. The van der Waals surface area contributed by atoms with Crippen LogP contribution in [0.1, 0.15) is 6.92 Å². The van der Waals surface area contributed by atoms with Gasteiger partial charge in [-0.3, -0.25) is 5.01 Å². The van der Waals surface area contributed by atoms with Crippen molar-refractivity contribution in [3.05, 3.63) is 24.4 Å². The van der Waals surface area contributed by atoms with Crippen molar-refractivity contribution in [2.75, 3.05) is 7.05 Å². The second kappa shape index (κ2) is 2.49. The number of allylic oxidation sites excluding steroid dienone is 3. The third kappa shape index (κ3) is 1.72. The van der Waals surface area contributed by atoms with E-state index in [1.54, 1.807) is 5.01 Å². The van der Waals surface area contributed by atoms with Crippen molar-refractivity contribution in [3.63, 3.8) is 0 Å². The van der Waals surface area contributed by atoms with Gasteiger partial charge in [0.05, 0.1) is 5.71 Å². The van der Waals surface area contributed by atoms with Crippen molar-refractivity contribution < 1.29 is 0 Å². The van der Waals surface area contributed by atoms with E-state index in [1.807, 2.05) is 38.4 Å². The molecule has 0 bridgehead atoms. The first-order valence-electron chi connectivity index (χ1n) is 2.92. The van der Waals surface area contributed by atoms with Gasteiger partial charge < -0.3 is 0 Å². The first kappa shape index (κ1) is 6.08. The van der Waals surface area contributed by atoms with E-state index in [4.69, 9.17) is 0 Å². The highest BCUT2D eigenvalue weighted by Gasteiger charge is 1.88. The lowest BCUT2D eigenvalue weighted by molar-refractivity contribution is 0.491. The quantitative estimate of drug-likeness (QED) is 0.474. The second-order valence-corrected chi connectivity index (χ2v) is 2.02. The van der Waals surface area contributed by atoms with Gasteiger partial charge in [-0.2, -0.15) is 5.10 Å². The van der Waals surface area contributed by atoms with Gasteiger partial charge in [-0.1, -0.05) is 6.08 Å². The monoisotopic (exact) mass is 122 g/mol. The van der Waals surface area contributed by atoms with Crippen LogP contribution >= 0.6 is 0 Å². The molecule has 0 atom stereocenters. The van der Waals surface area contributed by atoms with Crippen LogP contribution in [0.25, 0.3) is 0 Å². The summed E-state index contributed by atoms with van der Waals surface area (Å²) in [5.41, 5.74) is 1.03. The zero-order chi connectivity index (χ0) is 6.69. The van der Waals surface area contributed by atoms with E-state index < -0.39 is 0 Å². The minimum absolute atomic E-state index is 1.03. The molecule has 0 aromatic heterocycles. The lowest BCUT2D eigenvalue weighted by atomic mass is 10.4. The zero-order valence-corrected chi connectivity index (χ0v) is 5.70. The maximum Gasteiger partial charge on any atom is 0.0578 e. The van der Waals surface area contributed by atoms with Gasteiger partial charge in [0.1, 0.15) is 0 Å². The molecule has 0 aromatic carbocycles. The molecule has 2 nitrogen and oxygen atoms in total. The van der Waals surface area contributed by atoms with Gasteiger partial charge in [-0.05, 0) is 19.1 Å². The third-order valence-corrected chi connectivity index (χ3v) is 1.07. The van der Waals surface area contributed by atoms with Crippen LogP contribution in [0.5, 0.6) is 0 Å². The van der Waals surface area contributed by atoms with Gasteiger partial charge in [0, 0.05) is 13.2 Å². The zero-order valence-electron chi connectivity index (χ0n) is 5.70. The van der Waals surface area contributed by atoms with Gasteiger partial charge in [-0.15, -0.1) is 0 Å². The third-order valence-electron chi connectivity index (χ3n) is 1.07. The first-order valence-corrected chi connectivity index (χ1v) is 2.92. The summed E-state index contributed by atoms with van der Waals surface area (Å²) in [5, 5.41) is 5.94. The molecule has 1 rings (SSSR count). The minimum atomic E-state index is 1.03. The summed E-state index contributed by atoms with van der Waals surface area (Å²) >= 11 is 0. The first-order chi connectivity index (χ1) is 4.29. The Kier molecular flexibility index (Phi) is 1.68. The van der Waals surface area contributed by atoms with Crippen LogP contribution in [0.4, 0.5) is 0 Å². The maximum absolute atomic E-state index is 4.15. The molecule has 1 aliphatic heterocycles. The number of nitrogens with zero attached hydrogens (tertiary/aromatic N) is 2. The normalized spacial score (nSPS) is 17.6. The van der Waals surface area contributed by atoms with Crippen LogP contribution in [-0.4, -0.2) is 17.8 Å². The van der Waals surface area contributed by atoms with Gasteiger partial charge >= 0.3 is 0 Å². The molecule has 48 valence electrons. The Balaban J connectivity index is 2.77. The van der Waals surface area contributed by atoms with E-state index in [9.17, 15) is 0 Å². The maximum atomic E-state index is 4.15. The number of rotatable bonds is 0. The molecule has 0 saturated carbocycles. The van der Waals surface area contributed by atoms with E-state index in [1.165, 1.54) is 0 Å². The Morgan fingerprint density at radius 1 is 1.44 bits per heavy atom. The van der Waals surface area contributed by atoms with Crippen LogP contribution in [-0.2, 0) is 0 Å². The fourth-order valence-electron chi connectivity index (χ4n) is 0.685. The molecule has 9 heavy (non-hydrogen) atoms. The Labute approximate surface area is 55.2 Å². The van der Waals surface area contributed by atoms with Crippen molar-refractivity contribution in [2.45, 2.75) is 6.92 Å². The molecule has 0 amide bonds. The van der Waals surface area contributed by atoms with Gasteiger partial charge in [0.25, 0.3) is 0 Å². The van der Waals surface area contributed by atoms with Crippen molar-refractivity contribution in [1.82, 2.24) is 5.01 Å². The summed E-state index contributed by atoms with van der Waals surface area (Å²) in [6, 6.07) is 0. The average molecular weight is 122 g/mol. The van der Waals surface area contributed by atoms with Crippen molar-refractivity contribution in [3.8, 4) is 0 Å². The molecule has 0 N–H and O–H groups in total. The van der Waals surface area contributed by atoms with Crippen LogP contribution < -0.4 is 0 Å². The van der Waals surface area contributed by atoms with Gasteiger partial charge in [-0.25, -0.2) is 0 Å². The van der Waals surface area contributed by atoms with Gasteiger partial charge in [0.2, 0.25) is 0 Å². The molecule has 0 fully saturated rings. The van der Waals surface area contributed by atoms with E-state index in [2.05, 4.69) is 5.10 Å². The standard InChI is InChI=1S/C7H10N2/c1-7-5-3-4-6-9(2)8-7/h3-6H,1-2H3. The molecule has 0 saturated heterocycles.